The molecule has 0 radical (unpaired) electrons. The standard InChI is InChI=1S/C65H60N2.C2H6/c1-11-43-35-45(30-25-40(43)2)67-59-24-18-16-22-51(59)63(5,6)57-37-49-47-32-29-42(34-53(47)65(9,10)55(49)39-61(57)67)27-26-41-28-31-46-48-36-56-60(38-54(48)64(7,8)52(46)33-41)66(44-19-13-12-14-20-44)58-23-17-15-21-50(58)62(56,3)4;1-2/h12-39H,11H2,1-10H3;1-2H3/b27-26+;. The first-order valence-corrected chi connectivity index (χ1v) is 25.4. The molecule has 12 rings (SSSR count). The Kier molecular flexibility index (Phi) is 10.2. The van der Waals surface area contributed by atoms with Crippen LogP contribution in [0.3, 0.4) is 0 Å². The molecule has 0 saturated heterocycles. The Morgan fingerprint density at radius 3 is 1.26 bits per heavy atom. The highest BCUT2D eigenvalue weighted by molar-refractivity contribution is 5.94. The second-order valence-electron chi connectivity index (χ2n) is 21.8. The zero-order chi connectivity index (χ0) is 48.4. The molecular formula is C67H66N2. The number of benzene rings is 8. The van der Waals surface area contributed by atoms with Crippen molar-refractivity contribution in [2.45, 2.75) is 111 Å². The van der Waals surface area contributed by atoms with E-state index in [0.29, 0.717) is 0 Å². The van der Waals surface area contributed by atoms with Gasteiger partial charge in [0.2, 0.25) is 0 Å². The van der Waals surface area contributed by atoms with Crippen molar-refractivity contribution in [1.82, 2.24) is 0 Å². The Labute approximate surface area is 412 Å². The molecule has 0 N–H and O–H groups in total. The second kappa shape index (κ2) is 15.8. The molecule has 69 heavy (non-hydrogen) atoms. The lowest BCUT2D eigenvalue weighted by molar-refractivity contribution is 0.627. The minimum Gasteiger partial charge on any atom is -0.310 e. The number of hydrogen-bond acceptors (Lipinski definition) is 2. The van der Waals surface area contributed by atoms with Gasteiger partial charge in [-0.15, -0.1) is 0 Å². The van der Waals surface area contributed by atoms with Crippen molar-refractivity contribution in [1.29, 1.82) is 0 Å². The van der Waals surface area contributed by atoms with E-state index in [9.17, 15) is 0 Å². The average Bonchev–Trinajstić information content (AvgIpc) is 3.71. The third-order valence-corrected chi connectivity index (χ3v) is 16.6. The van der Waals surface area contributed by atoms with E-state index < -0.39 is 0 Å². The zero-order valence-corrected chi connectivity index (χ0v) is 42.8. The summed E-state index contributed by atoms with van der Waals surface area (Å²) in [7, 11) is 0. The van der Waals surface area contributed by atoms with E-state index in [1.165, 1.54) is 123 Å². The van der Waals surface area contributed by atoms with Crippen molar-refractivity contribution in [3.63, 3.8) is 0 Å². The normalized spacial score (nSPS) is 16.5. The fourth-order valence-electron chi connectivity index (χ4n) is 12.6. The number of fused-ring (bicyclic) bond motifs is 10. The molecule has 0 aromatic heterocycles. The first-order valence-electron chi connectivity index (χ1n) is 25.4. The Morgan fingerprint density at radius 2 is 0.783 bits per heavy atom. The summed E-state index contributed by atoms with van der Waals surface area (Å²) in [5, 5.41) is 0. The Balaban J connectivity index is 0.00000257. The van der Waals surface area contributed by atoms with Gasteiger partial charge in [0, 0.05) is 33.0 Å². The largest absolute Gasteiger partial charge is 0.310 e. The molecule has 8 aromatic rings. The third kappa shape index (κ3) is 6.51. The molecule has 0 amide bonds. The van der Waals surface area contributed by atoms with Crippen LogP contribution in [0.4, 0.5) is 34.1 Å². The lowest BCUT2D eigenvalue weighted by Crippen LogP contribution is -2.31. The summed E-state index contributed by atoms with van der Waals surface area (Å²) in [4.78, 5) is 5.02. The van der Waals surface area contributed by atoms with Gasteiger partial charge in [-0.1, -0.05) is 185 Å². The fourth-order valence-corrected chi connectivity index (χ4v) is 12.6. The van der Waals surface area contributed by atoms with Crippen molar-refractivity contribution in [2.75, 3.05) is 9.80 Å². The molecule has 2 nitrogen and oxygen atoms in total. The number of rotatable bonds is 5. The minimum atomic E-state index is -0.174. The second-order valence-corrected chi connectivity index (χ2v) is 21.8. The lowest BCUT2D eigenvalue weighted by atomic mass is 9.71. The molecule has 0 fully saturated rings. The number of aryl methyl sites for hydroxylation is 2. The summed E-state index contributed by atoms with van der Waals surface area (Å²) in [5.74, 6) is 0. The topological polar surface area (TPSA) is 6.48 Å². The summed E-state index contributed by atoms with van der Waals surface area (Å²) in [5.41, 5.74) is 28.5. The maximum Gasteiger partial charge on any atom is 0.0506 e. The van der Waals surface area contributed by atoms with Gasteiger partial charge in [-0.3, -0.25) is 0 Å². The predicted octanol–water partition coefficient (Wildman–Crippen LogP) is 18.6. The lowest BCUT2D eigenvalue weighted by Gasteiger charge is -2.43. The summed E-state index contributed by atoms with van der Waals surface area (Å²) in [6, 6.07) is 60.3. The molecule has 8 aromatic carbocycles. The monoisotopic (exact) mass is 899 g/mol. The molecule has 0 spiro atoms. The fraction of sp³-hybridized carbons (Fsp3) is 0.254. The highest BCUT2D eigenvalue weighted by Gasteiger charge is 2.44. The van der Waals surface area contributed by atoms with E-state index in [0.717, 1.165) is 6.42 Å². The van der Waals surface area contributed by atoms with Crippen LogP contribution in [0.15, 0.2) is 158 Å². The molecule has 2 heterocycles. The number of hydrogen-bond donors (Lipinski definition) is 0. The van der Waals surface area contributed by atoms with Crippen molar-refractivity contribution in [2.24, 2.45) is 0 Å². The van der Waals surface area contributed by atoms with Crippen molar-refractivity contribution < 1.29 is 0 Å². The minimum absolute atomic E-state index is 0.157. The van der Waals surface area contributed by atoms with Gasteiger partial charge in [0.15, 0.2) is 0 Å². The Bertz CT molecular complexity index is 3410. The van der Waals surface area contributed by atoms with E-state index in [4.69, 9.17) is 0 Å². The van der Waals surface area contributed by atoms with Gasteiger partial charge >= 0.3 is 0 Å². The van der Waals surface area contributed by atoms with E-state index in [-0.39, 0.29) is 21.7 Å². The van der Waals surface area contributed by atoms with Gasteiger partial charge in [-0.05, 0) is 163 Å². The first kappa shape index (κ1) is 44.6. The highest BCUT2D eigenvalue weighted by Crippen LogP contribution is 2.60. The summed E-state index contributed by atoms with van der Waals surface area (Å²) < 4.78 is 0. The van der Waals surface area contributed by atoms with Crippen molar-refractivity contribution in [3.8, 4) is 22.3 Å². The Hall–Kier alpha value is -6.90. The molecule has 0 bridgehead atoms. The molecule has 344 valence electrons. The average molecular weight is 899 g/mol. The van der Waals surface area contributed by atoms with Gasteiger partial charge in [-0.25, -0.2) is 0 Å². The zero-order valence-electron chi connectivity index (χ0n) is 42.8. The van der Waals surface area contributed by atoms with E-state index >= 15 is 0 Å². The van der Waals surface area contributed by atoms with Gasteiger partial charge in [-0.2, -0.15) is 0 Å². The van der Waals surface area contributed by atoms with E-state index in [1.54, 1.807) is 0 Å². The molecule has 0 unspecified atom stereocenters. The van der Waals surface area contributed by atoms with Crippen LogP contribution in [-0.2, 0) is 28.1 Å². The first-order chi connectivity index (χ1) is 33.1. The molecule has 0 atom stereocenters. The molecule has 2 aliphatic heterocycles. The predicted molar refractivity (Wildman–Crippen MR) is 296 cm³/mol. The van der Waals surface area contributed by atoms with Gasteiger partial charge < -0.3 is 9.80 Å². The summed E-state index contributed by atoms with van der Waals surface area (Å²) >= 11 is 0. The SMILES string of the molecule is CC.CCc1cc(N2c3ccccc3C(C)(C)c3cc4c(cc32)C(C)(C)c2cc(/C=C/c3ccc5c(c3)C(C)(C)c3cc6c(cc3-5)C(C)(C)c3ccccc3N6c3ccccc3)ccc2-4)ccc1C. The molecule has 0 saturated carbocycles. The van der Waals surface area contributed by atoms with Gasteiger partial charge in [0.1, 0.15) is 0 Å². The molecule has 4 aliphatic rings. The smallest absolute Gasteiger partial charge is 0.0506 e. The van der Waals surface area contributed by atoms with Crippen LogP contribution < -0.4 is 9.80 Å². The highest BCUT2D eigenvalue weighted by atomic mass is 15.2. The maximum atomic E-state index is 2.53. The molecule has 2 aliphatic carbocycles. The Morgan fingerprint density at radius 1 is 0.362 bits per heavy atom. The quantitative estimate of drug-likeness (QED) is 0.159. The number of para-hydroxylation sites is 3. The van der Waals surface area contributed by atoms with Crippen LogP contribution in [0.1, 0.15) is 143 Å². The van der Waals surface area contributed by atoms with Crippen LogP contribution in [-0.4, -0.2) is 0 Å². The van der Waals surface area contributed by atoms with Crippen LogP contribution >= 0.6 is 0 Å². The number of nitrogens with zero attached hydrogens (tertiary/aromatic N) is 2. The van der Waals surface area contributed by atoms with Crippen LogP contribution in [0.5, 0.6) is 0 Å². The van der Waals surface area contributed by atoms with Gasteiger partial charge in [0.05, 0.1) is 22.7 Å². The van der Waals surface area contributed by atoms with Crippen molar-refractivity contribution >= 4 is 46.3 Å². The molecule has 2 heteroatoms. The summed E-state index contributed by atoms with van der Waals surface area (Å²) in [6.45, 7) is 27.7. The van der Waals surface area contributed by atoms with Crippen molar-refractivity contribution in [3.05, 3.63) is 224 Å². The van der Waals surface area contributed by atoms with Gasteiger partial charge in [0.25, 0.3) is 0 Å². The summed E-state index contributed by atoms with van der Waals surface area (Å²) in [6.07, 6.45) is 5.66. The van der Waals surface area contributed by atoms with Crippen LogP contribution in [0.25, 0.3) is 34.4 Å². The van der Waals surface area contributed by atoms with E-state index in [1.807, 2.05) is 13.8 Å². The van der Waals surface area contributed by atoms with Crippen LogP contribution in [0, 0.1) is 6.92 Å². The third-order valence-electron chi connectivity index (χ3n) is 16.6. The molecular weight excluding hydrogens is 833 g/mol. The number of anilines is 6. The van der Waals surface area contributed by atoms with Crippen LogP contribution in [0.2, 0.25) is 0 Å². The maximum absolute atomic E-state index is 2.53. The van der Waals surface area contributed by atoms with E-state index in [2.05, 4.69) is 249 Å².